The lowest BCUT2D eigenvalue weighted by Gasteiger charge is -2.48. The van der Waals surface area contributed by atoms with Gasteiger partial charge < -0.3 is 4.74 Å². The van der Waals surface area contributed by atoms with Crippen molar-refractivity contribution in [2.45, 2.75) is 26.2 Å². The van der Waals surface area contributed by atoms with E-state index in [2.05, 4.69) is 10.5 Å². The van der Waals surface area contributed by atoms with Crippen LogP contribution in [-0.2, 0) is 0 Å². The molecule has 1 saturated carbocycles. The van der Waals surface area contributed by atoms with Crippen molar-refractivity contribution in [3.8, 4) is 30.0 Å². The Balaban J connectivity index is 2.25. The van der Waals surface area contributed by atoms with Gasteiger partial charge in [0, 0.05) is 23.6 Å². The molecule has 3 rings (SSSR count). The van der Waals surface area contributed by atoms with E-state index in [1.54, 1.807) is 38.1 Å². The molecular formula is C26H22N8O5. The van der Waals surface area contributed by atoms with Gasteiger partial charge in [0.05, 0.1) is 47.3 Å². The van der Waals surface area contributed by atoms with Crippen molar-refractivity contribution in [1.82, 2.24) is 0 Å². The van der Waals surface area contributed by atoms with E-state index in [1.165, 1.54) is 7.11 Å². The molecular weight excluding hydrogens is 504 g/mol. The van der Waals surface area contributed by atoms with Crippen LogP contribution in [0.1, 0.15) is 31.7 Å². The highest BCUT2D eigenvalue weighted by atomic mass is 16.6. The van der Waals surface area contributed by atoms with Crippen molar-refractivity contribution >= 4 is 22.8 Å². The zero-order chi connectivity index (χ0) is 29.0. The third kappa shape index (κ3) is 4.54. The van der Waals surface area contributed by atoms with Crippen molar-refractivity contribution in [1.29, 1.82) is 21.0 Å². The Bertz CT molecular complexity index is 1480. The standard InChI is InChI=1S/C26H22N8O5/c1-16(2)24-22(32-31-21-9-6-18(33(35)36)10-23(21)34(37)38)11-20(17-4-7-19(39-3)8-5-17)25(12-27,13-28)26(24,14-29)15-30/h4-10,16,20,24,31H,11H2,1-3H3/b32-22+. The highest BCUT2D eigenvalue weighted by Gasteiger charge is 2.68. The normalized spacial score (nSPS) is 20.1. The molecule has 0 amide bonds. The largest absolute Gasteiger partial charge is 0.497 e. The summed E-state index contributed by atoms with van der Waals surface area (Å²) in [6, 6.07) is 17.4. The summed E-state index contributed by atoms with van der Waals surface area (Å²) in [6.45, 7) is 3.43. The number of hydrogen-bond donors (Lipinski definition) is 1. The first-order valence-corrected chi connectivity index (χ1v) is 11.6. The number of nitro groups is 2. The van der Waals surface area contributed by atoms with Crippen LogP contribution in [-0.4, -0.2) is 22.7 Å². The number of rotatable bonds is 7. The molecule has 2 unspecified atom stereocenters. The number of methoxy groups -OCH3 is 1. The van der Waals surface area contributed by atoms with Gasteiger partial charge in [-0.15, -0.1) is 0 Å². The number of anilines is 1. The first-order chi connectivity index (χ1) is 18.5. The van der Waals surface area contributed by atoms with Crippen molar-refractivity contribution < 1.29 is 14.6 Å². The predicted octanol–water partition coefficient (Wildman–Crippen LogP) is 4.81. The summed E-state index contributed by atoms with van der Waals surface area (Å²) in [7, 11) is 1.47. The summed E-state index contributed by atoms with van der Waals surface area (Å²) >= 11 is 0. The summed E-state index contributed by atoms with van der Waals surface area (Å²) in [5, 5.41) is 68.5. The summed E-state index contributed by atoms with van der Waals surface area (Å²) in [5.74, 6) is -1.91. The third-order valence-electron chi connectivity index (χ3n) is 6.98. The first-order valence-electron chi connectivity index (χ1n) is 11.6. The maximum absolute atomic E-state index is 11.6. The van der Waals surface area contributed by atoms with E-state index in [0.29, 0.717) is 11.3 Å². The number of benzene rings is 2. The Kier molecular flexibility index (Phi) is 7.79. The van der Waals surface area contributed by atoms with Gasteiger partial charge >= 0.3 is 5.69 Å². The maximum atomic E-state index is 11.6. The molecule has 1 N–H and O–H groups in total. The number of ether oxygens (including phenoxy) is 1. The highest BCUT2D eigenvalue weighted by molar-refractivity contribution is 5.92. The van der Waals surface area contributed by atoms with Crippen LogP contribution in [0.15, 0.2) is 47.6 Å². The predicted molar refractivity (Wildman–Crippen MR) is 137 cm³/mol. The molecule has 2 atom stereocenters. The van der Waals surface area contributed by atoms with Crippen LogP contribution in [0.2, 0.25) is 0 Å². The summed E-state index contributed by atoms with van der Waals surface area (Å²) in [4.78, 5) is 21.1. The van der Waals surface area contributed by atoms with Crippen molar-refractivity contribution in [3.63, 3.8) is 0 Å². The van der Waals surface area contributed by atoms with Crippen LogP contribution in [0.3, 0.4) is 0 Å². The smallest absolute Gasteiger partial charge is 0.301 e. The number of nitro benzene ring substituents is 2. The Morgan fingerprint density at radius 3 is 2.03 bits per heavy atom. The molecule has 196 valence electrons. The zero-order valence-electron chi connectivity index (χ0n) is 21.2. The van der Waals surface area contributed by atoms with Gasteiger partial charge in [-0.2, -0.15) is 26.1 Å². The Hall–Kier alpha value is -5.53. The second-order valence-electron chi connectivity index (χ2n) is 9.25. The third-order valence-corrected chi connectivity index (χ3v) is 6.98. The van der Waals surface area contributed by atoms with Gasteiger partial charge in [-0.05, 0) is 36.1 Å². The highest BCUT2D eigenvalue weighted by Crippen LogP contribution is 2.60. The summed E-state index contributed by atoms with van der Waals surface area (Å²) < 4.78 is 5.19. The van der Waals surface area contributed by atoms with E-state index in [-0.39, 0.29) is 17.8 Å². The molecule has 13 heteroatoms. The van der Waals surface area contributed by atoms with E-state index in [0.717, 1.165) is 18.2 Å². The number of hydrogen-bond acceptors (Lipinski definition) is 11. The quantitative estimate of drug-likeness (QED) is 0.383. The molecule has 0 aliphatic heterocycles. The van der Waals surface area contributed by atoms with Crippen LogP contribution < -0.4 is 10.2 Å². The van der Waals surface area contributed by atoms with Gasteiger partial charge in [-0.1, -0.05) is 26.0 Å². The van der Waals surface area contributed by atoms with E-state index >= 15 is 0 Å². The number of nitrogens with one attached hydrogen (secondary N) is 1. The Labute approximate surface area is 223 Å². The van der Waals surface area contributed by atoms with Crippen LogP contribution in [0.5, 0.6) is 5.75 Å². The van der Waals surface area contributed by atoms with E-state index in [1.807, 2.05) is 24.3 Å². The van der Waals surface area contributed by atoms with Gasteiger partial charge in [-0.3, -0.25) is 25.7 Å². The van der Waals surface area contributed by atoms with E-state index < -0.39 is 49.8 Å². The second kappa shape index (κ2) is 10.8. The fourth-order valence-corrected chi connectivity index (χ4v) is 5.17. The molecule has 13 nitrogen and oxygen atoms in total. The van der Waals surface area contributed by atoms with Crippen LogP contribution >= 0.6 is 0 Å². The number of hydrazone groups is 1. The second-order valence-corrected chi connectivity index (χ2v) is 9.25. The van der Waals surface area contributed by atoms with E-state index in [9.17, 15) is 41.3 Å². The molecule has 0 heterocycles. The first kappa shape index (κ1) is 28.0. The van der Waals surface area contributed by atoms with Crippen molar-refractivity contribution in [2.75, 3.05) is 12.5 Å². The van der Waals surface area contributed by atoms with Gasteiger partial charge in [0.25, 0.3) is 5.69 Å². The van der Waals surface area contributed by atoms with Gasteiger partial charge in [0.2, 0.25) is 0 Å². The zero-order valence-corrected chi connectivity index (χ0v) is 21.2. The average molecular weight is 527 g/mol. The molecule has 0 bridgehead atoms. The monoisotopic (exact) mass is 526 g/mol. The molecule has 0 saturated heterocycles. The van der Waals surface area contributed by atoms with Crippen molar-refractivity contribution in [3.05, 3.63) is 68.3 Å². The van der Waals surface area contributed by atoms with Gasteiger partial charge in [-0.25, -0.2) is 0 Å². The topological polar surface area (TPSA) is 215 Å². The molecule has 2 aromatic rings. The van der Waals surface area contributed by atoms with Crippen LogP contribution in [0.4, 0.5) is 17.1 Å². The summed E-state index contributed by atoms with van der Waals surface area (Å²) in [6.07, 6.45) is -0.0326. The average Bonchev–Trinajstić information content (AvgIpc) is 2.94. The van der Waals surface area contributed by atoms with E-state index in [4.69, 9.17) is 4.74 Å². The lowest BCUT2D eigenvalue weighted by Crippen LogP contribution is -2.56. The lowest BCUT2D eigenvalue weighted by atomic mass is 9.46. The molecule has 0 radical (unpaired) electrons. The fourth-order valence-electron chi connectivity index (χ4n) is 5.17. The van der Waals surface area contributed by atoms with Crippen LogP contribution in [0, 0.1) is 88.2 Å². The van der Waals surface area contributed by atoms with Crippen molar-refractivity contribution in [2.24, 2.45) is 27.8 Å². The molecule has 1 aliphatic rings. The minimum absolute atomic E-state index is 0.0326. The minimum atomic E-state index is -2.16. The fraction of sp³-hybridized carbons (Fsp3) is 0.346. The van der Waals surface area contributed by atoms with Gasteiger partial charge in [0.1, 0.15) is 11.4 Å². The Morgan fingerprint density at radius 1 is 0.974 bits per heavy atom. The molecule has 0 spiro atoms. The maximum Gasteiger partial charge on any atom is 0.301 e. The molecule has 0 aromatic heterocycles. The summed E-state index contributed by atoms with van der Waals surface area (Å²) in [5.41, 5.74) is -2.19. The minimum Gasteiger partial charge on any atom is -0.497 e. The van der Waals surface area contributed by atoms with Crippen LogP contribution in [0.25, 0.3) is 0 Å². The molecule has 2 aromatic carbocycles. The number of non-ortho nitro benzene ring substituents is 1. The SMILES string of the molecule is COc1ccc(C2C/C(=N\Nc3ccc([N+](=O)[O-])cc3[N+](=O)[O-])C(C(C)C)C(C#N)(C#N)C2(C#N)C#N)cc1. The Morgan fingerprint density at radius 2 is 1.56 bits per heavy atom. The van der Waals surface area contributed by atoms with Gasteiger partial charge in [0.15, 0.2) is 10.8 Å². The number of nitriles is 4. The molecule has 39 heavy (non-hydrogen) atoms. The lowest BCUT2D eigenvalue weighted by molar-refractivity contribution is -0.393. The molecule has 1 fully saturated rings. The molecule has 1 aliphatic carbocycles. The number of nitrogens with zero attached hydrogens (tertiary/aromatic N) is 7.